The van der Waals surface area contributed by atoms with Gasteiger partial charge in [0.15, 0.2) is 0 Å². The number of methoxy groups -OCH3 is 1. The van der Waals surface area contributed by atoms with Crippen LogP contribution in [0.25, 0.3) is 0 Å². The third-order valence-corrected chi connectivity index (χ3v) is 2.14. The highest BCUT2D eigenvalue weighted by Gasteiger charge is 2.27. The summed E-state index contributed by atoms with van der Waals surface area (Å²) in [6.07, 6.45) is 4.18. The van der Waals surface area contributed by atoms with Crippen LogP contribution in [0.2, 0.25) is 5.28 Å². The van der Waals surface area contributed by atoms with Gasteiger partial charge < -0.3 is 4.74 Å². The van der Waals surface area contributed by atoms with E-state index in [1.807, 2.05) is 0 Å². The minimum atomic E-state index is 0.247. The molecule has 1 aliphatic carbocycles. The minimum absolute atomic E-state index is 0.247. The molecule has 1 aromatic heterocycles. The first kappa shape index (κ1) is 7.80. The van der Waals surface area contributed by atoms with Crippen molar-refractivity contribution in [2.24, 2.45) is 0 Å². The van der Waals surface area contributed by atoms with Crippen LogP contribution in [0.4, 0.5) is 0 Å². The van der Waals surface area contributed by atoms with Gasteiger partial charge in [0.25, 0.3) is 0 Å². The van der Waals surface area contributed by atoms with Crippen LogP contribution in [-0.4, -0.2) is 17.1 Å². The molecule has 0 unspecified atom stereocenters. The van der Waals surface area contributed by atoms with Crippen molar-refractivity contribution in [3.05, 3.63) is 17.0 Å². The summed E-state index contributed by atoms with van der Waals surface area (Å²) in [6, 6.07) is 0. The summed E-state index contributed by atoms with van der Waals surface area (Å²) in [5.41, 5.74) is 1.09. The van der Waals surface area contributed by atoms with Crippen LogP contribution in [0, 0.1) is 0 Å². The fourth-order valence-electron chi connectivity index (χ4n) is 1.19. The number of halogens is 1. The average Bonchev–Trinajstić information content (AvgIpc) is 2.87. The molecule has 1 saturated carbocycles. The lowest BCUT2D eigenvalue weighted by molar-refractivity contribution is 0.391. The third-order valence-electron chi connectivity index (χ3n) is 1.96. The lowest BCUT2D eigenvalue weighted by Gasteiger charge is -2.04. The van der Waals surface area contributed by atoms with Crippen LogP contribution in [0.3, 0.4) is 0 Å². The Hall–Kier alpha value is -0.830. The van der Waals surface area contributed by atoms with Crippen molar-refractivity contribution in [3.63, 3.8) is 0 Å². The van der Waals surface area contributed by atoms with E-state index in [-0.39, 0.29) is 5.28 Å². The second-order valence-electron chi connectivity index (χ2n) is 2.88. The van der Waals surface area contributed by atoms with E-state index in [4.69, 9.17) is 16.3 Å². The van der Waals surface area contributed by atoms with E-state index in [1.165, 1.54) is 12.8 Å². The Kier molecular flexibility index (Phi) is 1.89. The molecule has 0 aliphatic heterocycles. The molecule has 0 atom stereocenters. The van der Waals surface area contributed by atoms with Gasteiger partial charge in [-0.05, 0) is 30.4 Å². The second-order valence-corrected chi connectivity index (χ2v) is 3.22. The molecular formula is C8H9ClN2O. The Balaban J connectivity index is 2.38. The zero-order valence-electron chi connectivity index (χ0n) is 6.75. The lowest BCUT2D eigenvalue weighted by Crippen LogP contribution is -1.95. The first-order chi connectivity index (χ1) is 5.81. The number of hydrogen-bond donors (Lipinski definition) is 0. The van der Waals surface area contributed by atoms with E-state index in [0.29, 0.717) is 11.8 Å². The largest absolute Gasteiger partial charge is 0.481 e. The molecular weight excluding hydrogens is 176 g/mol. The van der Waals surface area contributed by atoms with Gasteiger partial charge in [-0.2, -0.15) is 4.98 Å². The van der Waals surface area contributed by atoms with Crippen LogP contribution in [-0.2, 0) is 0 Å². The molecule has 0 bridgehead atoms. The van der Waals surface area contributed by atoms with E-state index in [0.717, 1.165) is 5.56 Å². The Labute approximate surface area is 75.7 Å². The van der Waals surface area contributed by atoms with Gasteiger partial charge in [0.2, 0.25) is 11.2 Å². The van der Waals surface area contributed by atoms with Crippen molar-refractivity contribution < 1.29 is 4.74 Å². The van der Waals surface area contributed by atoms with Crippen molar-refractivity contribution in [2.45, 2.75) is 18.8 Å². The highest BCUT2D eigenvalue weighted by atomic mass is 35.5. The van der Waals surface area contributed by atoms with Crippen molar-refractivity contribution in [2.75, 3.05) is 7.11 Å². The van der Waals surface area contributed by atoms with E-state index in [1.54, 1.807) is 13.3 Å². The van der Waals surface area contributed by atoms with Gasteiger partial charge in [-0.3, -0.25) is 0 Å². The molecule has 1 fully saturated rings. The maximum Gasteiger partial charge on any atom is 0.225 e. The molecule has 1 aliphatic rings. The molecule has 0 N–H and O–H groups in total. The smallest absolute Gasteiger partial charge is 0.225 e. The number of aromatic nitrogens is 2. The van der Waals surface area contributed by atoms with Crippen molar-refractivity contribution >= 4 is 11.6 Å². The Bertz CT molecular complexity index is 299. The van der Waals surface area contributed by atoms with E-state index >= 15 is 0 Å². The second kappa shape index (κ2) is 2.90. The van der Waals surface area contributed by atoms with Gasteiger partial charge >= 0.3 is 0 Å². The standard InChI is InChI=1S/C8H9ClN2O/c1-12-7-6(5-2-3-5)4-10-8(9)11-7/h4-5H,2-3H2,1H3. The van der Waals surface area contributed by atoms with Crippen molar-refractivity contribution in [1.29, 1.82) is 0 Å². The fraction of sp³-hybridized carbons (Fsp3) is 0.500. The molecule has 12 heavy (non-hydrogen) atoms. The quantitative estimate of drug-likeness (QED) is 0.660. The highest BCUT2D eigenvalue weighted by Crippen LogP contribution is 2.43. The summed E-state index contributed by atoms with van der Waals surface area (Å²) < 4.78 is 5.09. The topological polar surface area (TPSA) is 35.0 Å². The van der Waals surface area contributed by atoms with Crippen molar-refractivity contribution in [1.82, 2.24) is 9.97 Å². The highest BCUT2D eigenvalue weighted by molar-refractivity contribution is 6.28. The summed E-state index contributed by atoms with van der Waals surface area (Å²) in [5.74, 6) is 1.22. The van der Waals surface area contributed by atoms with Crippen LogP contribution < -0.4 is 4.74 Å². The molecule has 4 heteroatoms. The Morgan fingerprint density at radius 1 is 1.58 bits per heavy atom. The van der Waals surface area contributed by atoms with Crippen LogP contribution in [0.15, 0.2) is 6.20 Å². The Morgan fingerprint density at radius 3 is 2.92 bits per heavy atom. The van der Waals surface area contributed by atoms with Gasteiger partial charge in [-0.25, -0.2) is 4.98 Å². The molecule has 0 aromatic carbocycles. The summed E-state index contributed by atoms with van der Waals surface area (Å²) in [7, 11) is 1.60. The number of hydrogen-bond acceptors (Lipinski definition) is 3. The summed E-state index contributed by atoms with van der Waals surface area (Å²) >= 11 is 5.62. The number of nitrogens with zero attached hydrogens (tertiary/aromatic N) is 2. The van der Waals surface area contributed by atoms with Gasteiger partial charge in [-0.1, -0.05) is 0 Å². The molecule has 3 nitrogen and oxygen atoms in total. The average molecular weight is 185 g/mol. The van der Waals surface area contributed by atoms with E-state index < -0.39 is 0 Å². The monoisotopic (exact) mass is 184 g/mol. The predicted molar refractivity (Wildman–Crippen MR) is 45.6 cm³/mol. The number of rotatable bonds is 2. The first-order valence-corrected chi connectivity index (χ1v) is 4.25. The minimum Gasteiger partial charge on any atom is -0.481 e. The number of ether oxygens (including phenoxy) is 1. The zero-order chi connectivity index (χ0) is 8.55. The van der Waals surface area contributed by atoms with E-state index in [9.17, 15) is 0 Å². The van der Waals surface area contributed by atoms with Gasteiger partial charge in [0, 0.05) is 11.8 Å². The van der Waals surface area contributed by atoms with Gasteiger partial charge in [0.05, 0.1) is 7.11 Å². The molecule has 0 amide bonds. The lowest BCUT2D eigenvalue weighted by atomic mass is 10.2. The molecule has 0 radical (unpaired) electrons. The van der Waals surface area contributed by atoms with E-state index in [2.05, 4.69) is 9.97 Å². The molecule has 0 spiro atoms. The summed E-state index contributed by atoms with van der Waals surface area (Å²) in [5, 5.41) is 0.247. The zero-order valence-corrected chi connectivity index (χ0v) is 7.51. The third kappa shape index (κ3) is 1.37. The molecule has 0 saturated heterocycles. The van der Waals surface area contributed by atoms with Crippen molar-refractivity contribution in [3.8, 4) is 5.88 Å². The molecule has 1 heterocycles. The molecule has 1 aromatic rings. The van der Waals surface area contributed by atoms with Gasteiger partial charge in [0.1, 0.15) is 0 Å². The van der Waals surface area contributed by atoms with Crippen LogP contribution in [0.1, 0.15) is 24.3 Å². The summed E-state index contributed by atoms with van der Waals surface area (Å²) in [6.45, 7) is 0. The SMILES string of the molecule is COc1nc(Cl)ncc1C1CC1. The normalized spacial score (nSPS) is 16.2. The van der Waals surface area contributed by atoms with Crippen LogP contribution >= 0.6 is 11.6 Å². The summed E-state index contributed by atoms with van der Waals surface area (Å²) in [4.78, 5) is 7.91. The van der Waals surface area contributed by atoms with Crippen LogP contribution in [0.5, 0.6) is 5.88 Å². The maximum absolute atomic E-state index is 5.62. The van der Waals surface area contributed by atoms with Gasteiger partial charge in [-0.15, -0.1) is 0 Å². The predicted octanol–water partition coefficient (Wildman–Crippen LogP) is 2.02. The molecule has 2 rings (SSSR count). The fourth-order valence-corrected chi connectivity index (χ4v) is 1.32. The Morgan fingerprint density at radius 2 is 2.33 bits per heavy atom. The maximum atomic E-state index is 5.62. The molecule has 64 valence electrons. The first-order valence-electron chi connectivity index (χ1n) is 3.87.